The number of carbonyl (C=O) groups excluding carboxylic acids is 1. The van der Waals surface area contributed by atoms with Gasteiger partial charge >= 0.3 is 0 Å². The minimum Gasteiger partial charge on any atom is -0.441 e. The molecule has 140 valence electrons. The fourth-order valence-electron chi connectivity index (χ4n) is 3.68. The Hall–Kier alpha value is -2.14. The molecule has 1 amide bonds. The van der Waals surface area contributed by atoms with Gasteiger partial charge in [0, 0.05) is 31.0 Å². The van der Waals surface area contributed by atoms with Gasteiger partial charge in [0.15, 0.2) is 11.7 Å². The third kappa shape index (κ3) is 4.94. The van der Waals surface area contributed by atoms with Gasteiger partial charge in [-0.3, -0.25) is 4.79 Å². The first kappa shape index (κ1) is 18.6. The van der Waals surface area contributed by atoms with Crippen molar-refractivity contribution in [3.8, 4) is 11.3 Å². The van der Waals surface area contributed by atoms with Crippen LogP contribution < -0.4 is 11.1 Å². The van der Waals surface area contributed by atoms with E-state index in [2.05, 4.69) is 17.2 Å². The molecule has 5 heteroatoms. The molecule has 5 nitrogen and oxygen atoms in total. The summed E-state index contributed by atoms with van der Waals surface area (Å²) in [6.45, 7) is 2.56. The van der Waals surface area contributed by atoms with Crippen molar-refractivity contribution >= 4 is 5.91 Å². The van der Waals surface area contributed by atoms with E-state index < -0.39 is 0 Å². The average Bonchev–Trinajstić information content (AvgIpc) is 3.15. The molecule has 3 rings (SSSR count). The van der Waals surface area contributed by atoms with Gasteiger partial charge in [-0.25, -0.2) is 4.98 Å². The zero-order valence-electron chi connectivity index (χ0n) is 15.5. The summed E-state index contributed by atoms with van der Waals surface area (Å²) >= 11 is 0. The number of amides is 1. The number of aromatic nitrogens is 1. The summed E-state index contributed by atoms with van der Waals surface area (Å²) in [6.07, 6.45) is 8.72. The van der Waals surface area contributed by atoms with E-state index in [4.69, 9.17) is 10.2 Å². The molecule has 1 heterocycles. The van der Waals surface area contributed by atoms with Crippen molar-refractivity contribution in [1.82, 2.24) is 10.3 Å². The molecule has 0 bridgehead atoms. The molecule has 1 saturated carbocycles. The van der Waals surface area contributed by atoms with Crippen LogP contribution in [0, 0.1) is 12.8 Å². The van der Waals surface area contributed by atoms with Crippen molar-refractivity contribution < 1.29 is 9.21 Å². The third-order valence-corrected chi connectivity index (χ3v) is 5.27. The molecule has 1 fully saturated rings. The maximum absolute atomic E-state index is 12.3. The minimum absolute atomic E-state index is 0.0288. The number of hydrogen-bond donors (Lipinski definition) is 2. The van der Waals surface area contributed by atoms with Crippen LogP contribution >= 0.6 is 0 Å². The van der Waals surface area contributed by atoms with Crippen LogP contribution in [0.1, 0.15) is 50.0 Å². The highest BCUT2D eigenvalue weighted by atomic mass is 16.4. The van der Waals surface area contributed by atoms with Crippen molar-refractivity contribution in [3.05, 3.63) is 41.9 Å². The lowest BCUT2D eigenvalue weighted by molar-refractivity contribution is -0.122. The number of nitrogens with zero attached hydrogens (tertiary/aromatic N) is 1. The van der Waals surface area contributed by atoms with E-state index in [1.54, 1.807) is 6.20 Å². The summed E-state index contributed by atoms with van der Waals surface area (Å²) in [5.74, 6) is 1.88. The van der Waals surface area contributed by atoms with Crippen LogP contribution in [-0.4, -0.2) is 23.5 Å². The highest BCUT2D eigenvalue weighted by Crippen LogP contribution is 2.26. The van der Waals surface area contributed by atoms with Crippen LogP contribution in [0.15, 0.2) is 34.9 Å². The Balaban J connectivity index is 1.50. The molecule has 1 aliphatic carbocycles. The molecule has 1 aliphatic rings. The van der Waals surface area contributed by atoms with Gasteiger partial charge in [-0.15, -0.1) is 0 Å². The summed E-state index contributed by atoms with van der Waals surface area (Å²) in [5.41, 5.74) is 8.10. The SMILES string of the molecule is Cc1ccc(-c2cnc(CCC(=O)NC(CN)C3CCCCC3)o2)cc1. The van der Waals surface area contributed by atoms with Gasteiger partial charge in [0.2, 0.25) is 5.91 Å². The lowest BCUT2D eigenvalue weighted by atomic mass is 9.84. The van der Waals surface area contributed by atoms with Crippen LogP contribution in [0.5, 0.6) is 0 Å². The van der Waals surface area contributed by atoms with E-state index in [0.29, 0.717) is 31.2 Å². The number of nitrogens with two attached hydrogens (primary N) is 1. The molecule has 1 unspecified atom stereocenters. The lowest BCUT2D eigenvalue weighted by Crippen LogP contribution is -2.46. The molecule has 0 aliphatic heterocycles. The molecule has 0 saturated heterocycles. The Morgan fingerprint density at radius 3 is 2.69 bits per heavy atom. The summed E-state index contributed by atoms with van der Waals surface area (Å²) in [5, 5.41) is 3.12. The van der Waals surface area contributed by atoms with E-state index in [-0.39, 0.29) is 11.9 Å². The molecule has 1 aromatic carbocycles. The van der Waals surface area contributed by atoms with Crippen LogP contribution in [0.3, 0.4) is 0 Å². The first-order valence-corrected chi connectivity index (χ1v) is 9.67. The van der Waals surface area contributed by atoms with Gasteiger partial charge in [-0.2, -0.15) is 0 Å². The Morgan fingerprint density at radius 1 is 1.27 bits per heavy atom. The third-order valence-electron chi connectivity index (χ3n) is 5.27. The van der Waals surface area contributed by atoms with Crippen LogP contribution in [0.2, 0.25) is 0 Å². The Morgan fingerprint density at radius 2 is 2.00 bits per heavy atom. The predicted molar refractivity (Wildman–Crippen MR) is 103 cm³/mol. The minimum atomic E-state index is 0.0288. The molecular formula is C21H29N3O2. The van der Waals surface area contributed by atoms with Crippen molar-refractivity contribution in [2.75, 3.05) is 6.54 Å². The van der Waals surface area contributed by atoms with Gasteiger partial charge in [-0.1, -0.05) is 49.1 Å². The van der Waals surface area contributed by atoms with Crippen molar-refractivity contribution in [2.45, 2.75) is 57.9 Å². The summed E-state index contributed by atoms with van der Waals surface area (Å²) < 4.78 is 5.79. The topological polar surface area (TPSA) is 81.2 Å². The van der Waals surface area contributed by atoms with Gasteiger partial charge in [0.25, 0.3) is 0 Å². The zero-order chi connectivity index (χ0) is 18.4. The van der Waals surface area contributed by atoms with Crippen molar-refractivity contribution in [1.29, 1.82) is 0 Å². The highest BCUT2D eigenvalue weighted by molar-refractivity contribution is 5.76. The monoisotopic (exact) mass is 355 g/mol. The largest absolute Gasteiger partial charge is 0.441 e. The number of hydrogen-bond acceptors (Lipinski definition) is 4. The zero-order valence-corrected chi connectivity index (χ0v) is 15.5. The Labute approximate surface area is 155 Å². The van der Waals surface area contributed by atoms with Crippen molar-refractivity contribution in [3.63, 3.8) is 0 Å². The normalized spacial score (nSPS) is 16.4. The van der Waals surface area contributed by atoms with Gasteiger partial charge in [0.05, 0.1) is 6.20 Å². The van der Waals surface area contributed by atoms with E-state index >= 15 is 0 Å². The molecule has 3 N–H and O–H groups in total. The summed E-state index contributed by atoms with van der Waals surface area (Å²) in [4.78, 5) is 16.6. The number of benzene rings is 1. The number of aryl methyl sites for hydroxylation is 2. The maximum atomic E-state index is 12.3. The lowest BCUT2D eigenvalue weighted by Gasteiger charge is -2.30. The summed E-state index contributed by atoms with van der Waals surface area (Å²) in [6, 6.07) is 8.22. The van der Waals surface area contributed by atoms with E-state index in [1.807, 2.05) is 24.3 Å². The first-order valence-electron chi connectivity index (χ1n) is 9.67. The van der Waals surface area contributed by atoms with Gasteiger partial charge in [0.1, 0.15) is 0 Å². The Kier molecular flexibility index (Phi) is 6.45. The Bertz CT molecular complexity index is 702. The maximum Gasteiger partial charge on any atom is 0.220 e. The molecule has 26 heavy (non-hydrogen) atoms. The second-order valence-electron chi connectivity index (χ2n) is 7.29. The molecule has 0 spiro atoms. The quantitative estimate of drug-likeness (QED) is 0.795. The molecule has 1 aromatic heterocycles. The second-order valence-corrected chi connectivity index (χ2v) is 7.29. The van der Waals surface area contributed by atoms with Crippen molar-refractivity contribution in [2.24, 2.45) is 11.7 Å². The van der Waals surface area contributed by atoms with Crippen LogP contribution in [-0.2, 0) is 11.2 Å². The predicted octanol–water partition coefficient (Wildman–Crippen LogP) is 3.61. The second kappa shape index (κ2) is 8.99. The number of nitrogens with one attached hydrogen (secondary N) is 1. The fourth-order valence-corrected chi connectivity index (χ4v) is 3.68. The van der Waals surface area contributed by atoms with E-state index in [0.717, 1.165) is 11.3 Å². The standard InChI is InChI=1S/C21H29N3O2/c1-15-7-9-17(10-8-15)19-14-23-21(26-19)12-11-20(25)24-18(13-22)16-5-3-2-4-6-16/h7-10,14,16,18H,2-6,11-13,22H2,1H3,(H,24,25). The van der Waals surface area contributed by atoms with Gasteiger partial charge < -0.3 is 15.5 Å². The first-order chi connectivity index (χ1) is 12.7. The molecular weight excluding hydrogens is 326 g/mol. The van der Waals surface area contributed by atoms with Crippen LogP contribution in [0.25, 0.3) is 11.3 Å². The fraction of sp³-hybridized carbons (Fsp3) is 0.524. The van der Waals surface area contributed by atoms with Gasteiger partial charge in [-0.05, 0) is 25.7 Å². The average molecular weight is 355 g/mol. The summed E-state index contributed by atoms with van der Waals surface area (Å²) in [7, 11) is 0. The number of carbonyl (C=O) groups is 1. The van der Waals surface area contributed by atoms with E-state index in [1.165, 1.54) is 37.7 Å². The smallest absolute Gasteiger partial charge is 0.220 e. The molecule has 0 radical (unpaired) electrons. The highest BCUT2D eigenvalue weighted by Gasteiger charge is 2.24. The number of oxazole rings is 1. The molecule has 2 aromatic rings. The molecule has 1 atom stereocenters. The van der Waals surface area contributed by atoms with E-state index in [9.17, 15) is 4.79 Å². The van der Waals surface area contributed by atoms with Crippen LogP contribution in [0.4, 0.5) is 0 Å². The number of rotatable bonds is 7.